The molecule has 2 aliphatic rings. The van der Waals surface area contributed by atoms with Crippen LogP contribution in [-0.4, -0.2) is 22.9 Å². The minimum absolute atomic E-state index is 0.0885. The first-order valence-electron chi connectivity index (χ1n) is 8.25. The Balaban J connectivity index is 1.93. The summed E-state index contributed by atoms with van der Waals surface area (Å²) in [5, 5.41) is 7.25. The van der Waals surface area contributed by atoms with Gasteiger partial charge in [-0.25, -0.2) is 0 Å². The standard InChI is InChI=1S/C19H24N4/c1-3-8-15(4-2)13-21-18-19(10-6-5-7-11-19)23-17-14-20-12-9-16(17)22-18/h3-4,8-9,12,14,23H,1-2,5-7,10-11,13H2,(H,21,22)/b15-8+. The highest BCUT2D eigenvalue weighted by molar-refractivity contribution is 6.09. The van der Waals surface area contributed by atoms with E-state index in [0.717, 1.165) is 35.6 Å². The number of amidine groups is 1. The first-order chi connectivity index (χ1) is 11.3. The number of rotatable bonds is 4. The lowest BCUT2D eigenvalue weighted by molar-refractivity contribution is 0.403. The van der Waals surface area contributed by atoms with E-state index in [1.165, 1.54) is 19.3 Å². The normalized spacial score (nSPS) is 21.2. The Morgan fingerprint density at radius 3 is 2.83 bits per heavy atom. The molecule has 1 fully saturated rings. The van der Waals surface area contributed by atoms with E-state index in [4.69, 9.17) is 4.99 Å². The Hall–Kier alpha value is -2.36. The summed E-state index contributed by atoms with van der Waals surface area (Å²) in [5.74, 6) is 1.03. The zero-order chi connectivity index (χ0) is 16.1. The molecule has 0 amide bonds. The second-order valence-corrected chi connectivity index (χ2v) is 6.16. The van der Waals surface area contributed by atoms with Crippen LogP contribution in [0.25, 0.3) is 0 Å². The average molecular weight is 308 g/mol. The first kappa shape index (κ1) is 15.5. The highest BCUT2D eigenvalue weighted by Crippen LogP contribution is 2.39. The van der Waals surface area contributed by atoms with Crippen molar-refractivity contribution in [3.05, 3.63) is 55.4 Å². The van der Waals surface area contributed by atoms with Crippen LogP contribution >= 0.6 is 0 Å². The molecule has 120 valence electrons. The molecule has 0 aromatic carbocycles. The topological polar surface area (TPSA) is 49.3 Å². The minimum atomic E-state index is -0.0885. The van der Waals surface area contributed by atoms with Crippen molar-refractivity contribution in [2.24, 2.45) is 4.99 Å². The van der Waals surface area contributed by atoms with Crippen molar-refractivity contribution in [1.29, 1.82) is 0 Å². The van der Waals surface area contributed by atoms with Crippen LogP contribution in [0.1, 0.15) is 32.1 Å². The fourth-order valence-corrected chi connectivity index (χ4v) is 3.38. The molecule has 2 N–H and O–H groups in total. The molecule has 1 aliphatic heterocycles. The van der Waals surface area contributed by atoms with Gasteiger partial charge in [0.05, 0.1) is 29.7 Å². The van der Waals surface area contributed by atoms with E-state index in [-0.39, 0.29) is 5.54 Å². The Kier molecular flexibility index (Phi) is 4.60. The predicted molar refractivity (Wildman–Crippen MR) is 98.1 cm³/mol. The molecule has 0 saturated heterocycles. The number of fused-ring (bicyclic) bond motifs is 1. The largest absolute Gasteiger partial charge is 0.370 e. The lowest BCUT2D eigenvalue weighted by Gasteiger charge is -2.43. The third kappa shape index (κ3) is 3.21. The van der Waals surface area contributed by atoms with E-state index in [9.17, 15) is 0 Å². The summed E-state index contributed by atoms with van der Waals surface area (Å²) >= 11 is 0. The molecule has 2 heterocycles. The van der Waals surface area contributed by atoms with Crippen molar-refractivity contribution in [2.75, 3.05) is 17.2 Å². The number of hydrogen-bond donors (Lipinski definition) is 2. The van der Waals surface area contributed by atoms with E-state index in [1.54, 1.807) is 12.3 Å². The summed E-state index contributed by atoms with van der Waals surface area (Å²) in [7, 11) is 0. The fraction of sp³-hybridized carbons (Fsp3) is 0.368. The monoisotopic (exact) mass is 308 g/mol. The van der Waals surface area contributed by atoms with Gasteiger partial charge in [-0.05, 0) is 24.5 Å². The van der Waals surface area contributed by atoms with Crippen LogP contribution in [0.4, 0.5) is 11.4 Å². The molecular weight excluding hydrogens is 284 g/mol. The van der Waals surface area contributed by atoms with Crippen molar-refractivity contribution in [2.45, 2.75) is 37.6 Å². The Bertz CT molecular complexity index is 651. The van der Waals surface area contributed by atoms with Gasteiger partial charge in [0.1, 0.15) is 5.84 Å². The number of nitrogens with one attached hydrogen (secondary N) is 2. The number of aliphatic imine (C=N–C) groups is 1. The predicted octanol–water partition coefficient (Wildman–Crippen LogP) is 4.32. The number of aromatic nitrogens is 1. The van der Waals surface area contributed by atoms with Gasteiger partial charge in [-0.2, -0.15) is 0 Å². The van der Waals surface area contributed by atoms with Crippen molar-refractivity contribution in [3.63, 3.8) is 0 Å². The van der Waals surface area contributed by atoms with Gasteiger partial charge in [-0.15, -0.1) is 0 Å². The van der Waals surface area contributed by atoms with E-state index in [1.807, 2.05) is 24.4 Å². The maximum atomic E-state index is 4.88. The smallest absolute Gasteiger partial charge is 0.127 e. The lowest BCUT2D eigenvalue weighted by atomic mass is 9.79. The molecule has 0 radical (unpaired) electrons. The average Bonchev–Trinajstić information content (AvgIpc) is 2.59. The van der Waals surface area contributed by atoms with Crippen LogP contribution in [0.2, 0.25) is 0 Å². The van der Waals surface area contributed by atoms with Gasteiger partial charge in [0, 0.05) is 6.20 Å². The maximum Gasteiger partial charge on any atom is 0.127 e. The zero-order valence-corrected chi connectivity index (χ0v) is 13.5. The third-order valence-corrected chi connectivity index (χ3v) is 4.62. The molecule has 1 aromatic heterocycles. The minimum Gasteiger partial charge on any atom is -0.370 e. The van der Waals surface area contributed by atoms with Crippen LogP contribution in [0.3, 0.4) is 0 Å². The number of nitrogens with zero attached hydrogens (tertiary/aromatic N) is 2. The summed E-state index contributed by atoms with van der Waals surface area (Å²) in [5.41, 5.74) is 3.09. The van der Waals surface area contributed by atoms with Crippen molar-refractivity contribution in [3.8, 4) is 0 Å². The van der Waals surface area contributed by atoms with E-state index < -0.39 is 0 Å². The first-order valence-corrected chi connectivity index (χ1v) is 8.25. The third-order valence-electron chi connectivity index (χ3n) is 4.62. The number of allylic oxidation sites excluding steroid dienone is 2. The van der Waals surface area contributed by atoms with Gasteiger partial charge < -0.3 is 10.6 Å². The van der Waals surface area contributed by atoms with Gasteiger partial charge in [0.15, 0.2) is 0 Å². The Labute approximate surface area is 138 Å². The molecule has 1 saturated carbocycles. The molecule has 23 heavy (non-hydrogen) atoms. The van der Waals surface area contributed by atoms with Crippen LogP contribution in [0.15, 0.2) is 60.4 Å². The van der Waals surface area contributed by atoms with E-state index >= 15 is 0 Å². The molecule has 0 atom stereocenters. The van der Waals surface area contributed by atoms with Crippen molar-refractivity contribution in [1.82, 2.24) is 4.98 Å². The molecule has 4 heteroatoms. The van der Waals surface area contributed by atoms with Gasteiger partial charge in [-0.3, -0.25) is 9.98 Å². The van der Waals surface area contributed by atoms with E-state index in [0.29, 0.717) is 6.54 Å². The molecule has 1 spiro atoms. The molecule has 4 nitrogen and oxygen atoms in total. The SMILES string of the molecule is C=C/C=C(\C=C)CN=C1Nc2ccncc2NC12CCCCC2. The summed E-state index contributed by atoms with van der Waals surface area (Å²) in [4.78, 5) is 9.12. The second kappa shape index (κ2) is 6.82. The van der Waals surface area contributed by atoms with Crippen molar-refractivity contribution >= 4 is 17.2 Å². The fourth-order valence-electron chi connectivity index (χ4n) is 3.38. The molecular formula is C19H24N4. The molecule has 1 aromatic rings. The van der Waals surface area contributed by atoms with Crippen LogP contribution in [0, 0.1) is 0 Å². The quantitative estimate of drug-likeness (QED) is 0.814. The number of anilines is 2. The number of pyridine rings is 1. The maximum absolute atomic E-state index is 4.88. The van der Waals surface area contributed by atoms with Crippen LogP contribution in [0.5, 0.6) is 0 Å². The molecule has 0 unspecified atom stereocenters. The van der Waals surface area contributed by atoms with Crippen molar-refractivity contribution < 1.29 is 0 Å². The molecule has 3 rings (SSSR count). The summed E-state index contributed by atoms with van der Waals surface area (Å²) in [6.07, 6.45) is 15.2. The van der Waals surface area contributed by atoms with Gasteiger partial charge in [0.2, 0.25) is 0 Å². The molecule has 1 aliphatic carbocycles. The van der Waals surface area contributed by atoms with Crippen LogP contribution in [-0.2, 0) is 0 Å². The Morgan fingerprint density at radius 2 is 2.09 bits per heavy atom. The second-order valence-electron chi connectivity index (χ2n) is 6.16. The van der Waals surface area contributed by atoms with Gasteiger partial charge in [0.25, 0.3) is 0 Å². The summed E-state index contributed by atoms with van der Waals surface area (Å²) < 4.78 is 0. The Morgan fingerprint density at radius 1 is 1.26 bits per heavy atom. The van der Waals surface area contributed by atoms with Crippen LogP contribution < -0.4 is 10.6 Å². The van der Waals surface area contributed by atoms with Gasteiger partial charge >= 0.3 is 0 Å². The molecule has 0 bridgehead atoms. The van der Waals surface area contributed by atoms with Gasteiger partial charge in [-0.1, -0.05) is 50.6 Å². The van der Waals surface area contributed by atoms with E-state index in [2.05, 4.69) is 28.8 Å². The summed E-state index contributed by atoms with van der Waals surface area (Å²) in [6.45, 7) is 8.22. The highest BCUT2D eigenvalue weighted by atomic mass is 15.2. The lowest BCUT2D eigenvalue weighted by Crippen LogP contribution is -2.53. The summed E-state index contributed by atoms with van der Waals surface area (Å²) in [6, 6.07) is 1.99. The number of hydrogen-bond acceptors (Lipinski definition) is 3. The zero-order valence-electron chi connectivity index (χ0n) is 13.5. The highest BCUT2D eigenvalue weighted by Gasteiger charge is 2.40.